The maximum Gasteiger partial charge on any atom is 0.230 e. The van der Waals surface area contributed by atoms with Crippen molar-refractivity contribution in [1.82, 2.24) is 5.32 Å². The predicted octanol–water partition coefficient (Wildman–Crippen LogP) is 3.94. The number of methoxy groups -OCH3 is 2. The molecule has 2 rings (SSSR count). The Bertz CT molecular complexity index is 562. The summed E-state index contributed by atoms with van der Waals surface area (Å²) in [5.74, 6) is 3.52. The Labute approximate surface area is 149 Å². The van der Waals surface area contributed by atoms with Crippen LogP contribution in [0.1, 0.15) is 43.7 Å². The Balaban J connectivity index is 1.84. The van der Waals surface area contributed by atoms with Crippen LogP contribution in [0, 0.1) is 12.8 Å². The summed E-state index contributed by atoms with van der Waals surface area (Å²) in [5, 5.41) is 3.21. The van der Waals surface area contributed by atoms with Crippen molar-refractivity contribution >= 4 is 17.7 Å². The van der Waals surface area contributed by atoms with Gasteiger partial charge in [0.2, 0.25) is 5.91 Å². The average Bonchev–Trinajstić information content (AvgIpc) is 2.58. The van der Waals surface area contributed by atoms with Crippen LogP contribution in [0.2, 0.25) is 0 Å². The highest BCUT2D eigenvalue weighted by molar-refractivity contribution is 7.99. The molecule has 5 heteroatoms. The van der Waals surface area contributed by atoms with Gasteiger partial charge in [-0.1, -0.05) is 19.8 Å². The van der Waals surface area contributed by atoms with Crippen molar-refractivity contribution in [1.29, 1.82) is 0 Å². The van der Waals surface area contributed by atoms with Crippen LogP contribution in [0.15, 0.2) is 12.1 Å². The summed E-state index contributed by atoms with van der Waals surface area (Å²) in [6, 6.07) is 4.34. The molecule has 0 spiro atoms. The van der Waals surface area contributed by atoms with Crippen molar-refractivity contribution in [2.45, 2.75) is 51.3 Å². The monoisotopic (exact) mass is 351 g/mol. The second-order valence-electron chi connectivity index (χ2n) is 6.56. The van der Waals surface area contributed by atoms with E-state index in [1.54, 1.807) is 26.0 Å². The first-order chi connectivity index (χ1) is 11.5. The summed E-state index contributed by atoms with van der Waals surface area (Å²) in [5.41, 5.74) is 2.33. The van der Waals surface area contributed by atoms with E-state index in [0.29, 0.717) is 17.7 Å². The van der Waals surface area contributed by atoms with E-state index in [1.165, 1.54) is 24.8 Å². The molecule has 4 nitrogen and oxygen atoms in total. The van der Waals surface area contributed by atoms with Crippen LogP contribution >= 0.6 is 11.8 Å². The van der Waals surface area contributed by atoms with Crippen LogP contribution in [0.3, 0.4) is 0 Å². The zero-order chi connectivity index (χ0) is 17.5. The van der Waals surface area contributed by atoms with Crippen LogP contribution < -0.4 is 14.8 Å². The number of hydrogen-bond acceptors (Lipinski definition) is 4. The van der Waals surface area contributed by atoms with Crippen molar-refractivity contribution in [3.8, 4) is 11.5 Å². The van der Waals surface area contributed by atoms with Gasteiger partial charge in [0.1, 0.15) is 0 Å². The van der Waals surface area contributed by atoms with Gasteiger partial charge in [0.15, 0.2) is 11.5 Å². The van der Waals surface area contributed by atoms with Gasteiger partial charge in [0.25, 0.3) is 0 Å². The third-order valence-corrected chi connectivity index (χ3v) is 5.77. The molecule has 24 heavy (non-hydrogen) atoms. The molecule has 1 aromatic carbocycles. The molecule has 1 N–H and O–H groups in total. The van der Waals surface area contributed by atoms with Gasteiger partial charge in [-0.05, 0) is 48.9 Å². The molecule has 0 aliphatic heterocycles. The van der Waals surface area contributed by atoms with E-state index in [0.717, 1.165) is 29.2 Å². The maximum absolute atomic E-state index is 12.2. The summed E-state index contributed by atoms with van der Waals surface area (Å²) in [6.45, 7) is 4.30. The minimum absolute atomic E-state index is 0.150. The molecule has 2 atom stereocenters. The third kappa shape index (κ3) is 5.07. The minimum atomic E-state index is 0.150. The lowest BCUT2D eigenvalue weighted by molar-refractivity contribution is -0.119. The molecule has 0 unspecified atom stereocenters. The maximum atomic E-state index is 12.2. The number of nitrogens with one attached hydrogen (secondary N) is 1. The van der Waals surface area contributed by atoms with E-state index in [-0.39, 0.29) is 5.91 Å². The molecule has 1 aromatic rings. The highest BCUT2D eigenvalue weighted by Crippen LogP contribution is 2.32. The van der Waals surface area contributed by atoms with Crippen LogP contribution in [0.25, 0.3) is 0 Å². The molecular formula is C19H29NO3S. The Kier molecular flexibility index (Phi) is 7.28. The van der Waals surface area contributed by atoms with E-state index in [9.17, 15) is 4.79 Å². The van der Waals surface area contributed by atoms with E-state index in [2.05, 4.69) is 19.2 Å². The predicted molar refractivity (Wildman–Crippen MR) is 100 cm³/mol. The number of carbonyl (C=O) groups excluding carboxylic acids is 1. The molecule has 0 heterocycles. The quantitative estimate of drug-likeness (QED) is 0.808. The van der Waals surface area contributed by atoms with E-state index in [1.807, 2.05) is 12.1 Å². The van der Waals surface area contributed by atoms with Crippen molar-refractivity contribution in [3.63, 3.8) is 0 Å². The zero-order valence-corrected chi connectivity index (χ0v) is 16.0. The van der Waals surface area contributed by atoms with Gasteiger partial charge in [0, 0.05) is 11.8 Å². The summed E-state index contributed by atoms with van der Waals surface area (Å²) < 4.78 is 10.7. The molecule has 134 valence electrons. The van der Waals surface area contributed by atoms with Crippen molar-refractivity contribution in [3.05, 3.63) is 23.3 Å². The molecule has 1 amide bonds. The first-order valence-corrected chi connectivity index (χ1v) is 9.79. The number of thioether (sulfide) groups is 1. The van der Waals surface area contributed by atoms with Crippen molar-refractivity contribution in [2.24, 2.45) is 5.92 Å². The van der Waals surface area contributed by atoms with Gasteiger partial charge in [-0.25, -0.2) is 0 Å². The van der Waals surface area contributed by atoms with Crippen molar-refractivity contribution in [2.75, 3.05) is 20.0 Å². The zero-order valence-electron chi connectivity index (χ0n) is 15.2. The Morgan fingerprint density at radius 1 is 1.21 bits per heavy atom. The number of amides is 1. The normalized spacial score (nSPS) is 20.5. The van der Waals surface area contributed by atoms with Crippen LogP contribution in [0.4, 0.5) is 0 Å². The molecule has 0 aromatic heterocycles. The number of carbonyl (C=O) groups is 1. The number of aryl methyl sites for hydroxylation is 1. The first kappa shape index (κ1) is 19.0. The lowest BCUT2D eigenvalue weighted by atomic mass is 9.86. The van der Waals surface area contributed by atoms with E-state index in [4.69, 9.17) is 9.47 Å². The van der Waals surface area contributed by atoms with Gasteiger partial charge in [-0.15, -0.1) is 11.8 Å². The Morgan fingerprint density at radius 2 is 1.88 bits per heavy atom. The second kappa shape index (κ2) is 9.21. The van der Waals surface area contributed by atoms with Crippen LogP contribution in [-0.2, 0) is 10.5 Å². The fourth-order valence-electron chi connectivity index (χ4n) is 3.21. The smallest absolute Gasteiger partial charge is 0.230 e. The second-order valence-corrected chi connectivity index (χ2v) is 7.55. The summed E-state index contributed by atoms with van der Waals surface area (Å²) in [4.78, 5) is 12.2. The standard InChI is InChI=1S/C19H29NO3S/c1-13-7-5-6-8-16(13)20-19(21)12-24-11-15-10-18(23-4)17(22-3)9-14(15)2/h9-10,13,16H,5-8,11-12H2,1-4H3,(H,20,21)/t13-,16+/m1/s1. The molecule has 0 bridgehead atoms. The van der Waals surface area contributed by atoms with Crippen molar-refractivity contribution < 1.29 is 14.3 Å². The number of rotatable bonds is 7. The molecule has 1 aliphatic rings. The molecule has 1 aliphatic carbocycles. The molecule has 1 fully saturated rings. The largest absolute Gasteiger partial charge is 0.493 e. The molecule has 0 saturated heterocycles. The lowest BCUT2D eigenvalue weighted by Crippen LogP contribution is -2.41. The number of benzene rings is 1. The fraction of sp³-hybridized carbons (Fsp3) is 0.632. The topological polar surface area (TPSA) is 47.6 Å². The molecule has 1 saturated carbocycles. The van der Waals surface area contributed by atoms with Crippen LogP contribution in [0.5, 0.6) is 11.5 Å². The van der Waals surface area contributed by atoms with E-state index < -0.39 is 0 Å². The highest BCUT2D eigenvalue weighted by Gasteiger charge is 2.22. The Hall–Kier alpha value is -1.36. The van der Waals surface area contributed by atoms with Gasteiger partial charge >= 0.3 is 0 Å². The minimum Gasteiger partial charge on any atom is -0.493 e. The average molecular weight is 352 g/mol. The number of ether oxygens (including phenoxy) is 2. The summed E-state index contributed by atoms with van der Waals surface area (Å²) in [7, 11) is 3.28. The summed E-state index contributed by atoms with van der Waals surface area (Å²) in [6.07, 6.45) is 4.86. The van der Waals surface area contributed by atoms with Gasteiger partial charge in [0.05, 0.1) is 20.0 Å². The summed E-state index contributed by atoms with van der Waals surface area (Å²) >= 11 is 1.64. The third-order valence-electron chi connectivity index (χ3n) is 4.79. The molecule has 0 radical (unpaired) electrons. The fourth-order valence-corrected chi connectivity index (χ4v) is 4.11. The number of hydrogen-bond donors (Lipinski definition) is 1. The highest BCUT2D eigenvalue weighted by atomic mass is 32.2. The van der Waals surface area contributed by atoms with Gasteiger partial charge in [-0.2, -0.15) is 0 Å². The Morgan fingerprint density at radius 3 is 2.54 bits per heavy atom. The van der Waals surface area contributed by atoms with E-state index >= 15 is 0 Å². The lowest BCUT2D eigenvalue weighted by Gasteiger charge is -2.29. The van der Waals surface area contributed by atoms with Gasteiger partial charge < -0.3 is 14.8 Å². The molecular weight excluding hydrogens is 322 g/mol. The SMILES string of the molecule is COc1cc(C)c(CSCC(=O)N[C@H]2CCCC[C@H]2C)cc1OC. The first-order valence-electron chi connectivity index (χ1n) is 8.63. The van der Waals surface area contributed by atoms with Gasteiger partial charge in [-0.3, -0.25) is 4.79 Å². The van der Waals surface area contributed by atoms with Crippen LogP contribution in [-0.4, -0.2) is 31.9 Å².